The van der Waals surface area contributed by atoms with Crippen molar-refractivity contribution >= 4 is 0 Å². The van der Waals surface area contributed by atoms with Gasteiger partial charge in [-0.2, -0.15) is 13.2 Å². The average Bonchev–Trinajstić information content (AvgIpc) is 2.03. The van der Waals surface area contributed by atoms with Gasteiger partial charge < -0.3 is 5.73 Å². The van der Waals surface area contributed by atoms with E-state index in [4.69, 9.17) is 5.73 Å². The molecule has 1 aromatic carbocycles. The van der Waals surface area contributed by atoms with Gasteiger partial charge in [0.15, 0.2) is 0 Å². The fourth-order valence-electron chi connectivity index (χ4n) is 0.963. The Morgan fingerprint density at radius 3 is 2.00 bits per heavy atom. The van der Waals surface area contributed by atoms with Crippen LogP contribution in [0.4, 0.5) is 13.2 Å². The van der Waals surface area contributed by atoms with Crippen molar-refractivity contribution in [1.82, 2.24) is 0 Å². The number of halogens is 3. The molecule has 0 aromatic heterocycles. The molecule has 0 heterocycles. The van der Waals surface area contributed by atoms with Crippen molar-refractivity contribution in [2.45, 2.75) is 19.1 Å². The van der Waals surface area contributed by atoms with Gasteiger partial charge in [-0.1, -0.05) is 29.8 Å². The van der Waals surface area contributed by atoms with Gasteiger partial charge in [-0.15, -0.1) is 0 Å². The van der Waals surface area contributed by atoms with E-state index in [2.05, 4.69) is 0 Å². The van der Waals surface area contributed by atoms with Gasteiger partial charge in [0.05, 0.1) is 0 Å². The lowest BCUT2D eigenvalue weighted by atomic mass is 10.1. The van der Waals surface area contributed by atoms with Crippen LogP contribution in [0, 0.1) is 6.92 Å². The minimum absolute atomic E-state index is 0.0955. The minimum Gasteiger partial charge on any atom is -0.316 e. The maximum absolute atomic E-state index is 12.1. The quantitative estimate of drug-likeness (QED) is 0.721. The number of nitrogens with two attached hydrogens (primary N) is 1. The summed E-state index contributed by atoms with van der Waals surface area (Å²) in [6.45, 7) is 1.81. The van der Waals surface area contributed by atoms with Gasteiger partial charge in [-0.05, 0) is 12.5 Å². The molecule has 0 fully saturated rings. The van der Waals surface area contributed by atoms with Crippen LogP contribution in [0.1, 0.15) is 17.2 Å². The smallest absolute Gasteiger partial charge is 0.316 e. The van der Waals surface area contributed by atoms with E-state index in [-0.39, 0.29) is 5.56 Å². The normalized spacial score (nSPS) is 14.2. The average molecular weight is 189 g/mol. The Hall–Kier alpha value is -1.03. The molecule has 0 saturated carbocycles. The van der Waals surface area contributed by atoms with Gasteiger partial charge in [0.2, 0.25) is 0 Å². The number of aryl methyl sites for hydroxylation is 1. The third-order valence-electron chi connectivity index (χ3n) is 1.79. The second kappa shape index (κ2) is 3.38. The molecule has 0 unspecified atom stereocenters. The molecule has 0 spiro atoms. The van der Waals surface area contributed by atoms with Crippen molar-refractivity contribution in [2.24, 2.45) is 5.73 Å². The first-order valence-electron chi connectivity index (χ1n) is 3.80. The van der Waals surface area contributed by atoms with Gasteiger partial charge in [0.1, 0.15) is 6.04 Å². The van der Waals surface area contributed by atoms with E-state index in [1.165, 1.54) is 12.1 Å². The van der Waals surface area contributed by atoms with E-state index in [0.717, 1.165) is 5.56 Å². The van der Waals surface area contributed by atoms with Crippen LogP contribution in [-0.2, 0) is 0 Å². The first kappa shape index (κ1) is 10.1. The molecule has 0 bridgehead atoms. The van der Waals surface area contributed by atoms with Gasteiger partial charge in [0, 0.05) is 0 Å². The van der Waals surface area contributed by atoms with Crippen LogP contribution in [-0.4, -0.2) is 6.18 Å². The third kappa shape index (κ3) is 2.45. The third-order valence-corrected chi connectivity index (χ3v) is 1.79. The second-order valence-electron chi connectivity index (χ2n) is 2.93. The van der Waals surface area contributed by atoms with Crippen LogP contribution in [0.3, 0.4) is 0 Å². The summed E-state index contributed by atoms with van der Waals surface area (Å²) < 4.78 is 36.3. The lowest BCUT2D eigenvalue weighted by Gasteiger charge is -2.15. The monoisotopic (exact) mass is 189 g/mol. The number of hydrogen-bond acceptors (Lipinski definition) is 1. The fraction of sp³-hybridized carbons (Fsp3) is 0.333. The van der Waals surface area contributed by atoms with Crippen molar-refractivity contribution in [3.05, 3.63) is 35.4 Å². The molecule has 0 aliphatic heterocycles. The second-order valence-corrected chi connectivity index (χ2v) is 2.93. The van der Waals surface area contributed by atoms with Crippen LogP contribution in [0.25, 0.3) is 0 Å². The minimum atomic E-state index is -4.37. The molecule has 1 atom stereocenters. The molecule has 2 N–H and O–H groups in total. The van der Waals surface area contributed by atoms with Gasteiger partial charge >= 0.3 is 6.18 Å². The standard InChI is InChI=1S/C9H10F3N/c1-6-2-4-7(5-3-6)8(13)9(10,11)12/h2-5,8H,13H2,1H3/t8-/m0/s1. The summed E-state index contributed by atoms with van der Waals surface area (Å²) >= 11 is 0. The first-order valence-corrected chi connectivity index (χ1v) is 3.80. The molecule has 13 heavy (non-hydrogen) atoms. The van der Waals surface area contributed by atoms with Gasteiger partial charge in [0.25, 0.3) is 0 Å². The van der Waals surface area contributed by atoms with Gasteiger partial charge in [-0.25, -0.2) is 0 Å². The Balaban J connectivity index is 2.90. The van der Waals surface area contributed by atoms with Crippen molar-refractivity contribution < 1.29 is 13.2 Å². The molecule has 0 aliphatic carbocycles. The molecule has 0 radical (unpaired) electrons. The number of hydrogen-bond donors (Lipinski definition) is 1. The Morgan fingerprint density at radius 2 is 1.62 bits per heavy atom. The fourth-order valence-corrected chi connectivity index (χ4v) is 0.963. The Bertz CT molecular complexity index is 276. The topological polar surface area (TPSA) is 26.0 Å². The summed E-state index contributed by atoms with van der Waals surface area (Å²) in [6, 6.07) is 4.14. The molecule has 0 saturated heterocycles. The zero-order chi connectivity index (χ0) is 10.1. The number of rotatable bonds is 1. The first-order chi connectivity index (χ1) is 5.91. The van der Waals surface area contributed by atoms with Crippen molar-refractivity contribution in [3.8, 4) is 0 Å². The number of benzene rings is 1. The predicted molar refractivity (Wildman–Crippen MR) is 44.2 cm³/mol. The van der Waals surface area contributed by atoms with E-state index in [1.807, 2.05) is 6.92 Å². The predicted octanol–water partition coefficient (Wildman–Crippen LogP) is 2.56. The molecular weight excluding hydrogens is 179 g/mol. The molecule has 0 aliphatic rings. The summed E-state index contributed by atoms with van der Waals surface area (Å²) in [5, 5.41) is 0. The highest BCUT2D eigenvalue weighted by Gasteiger charge is 2.37. The van der Waals surface area contributed by atoms with Crippen LogP contribution in [0.15, 0.2) is 24.3 Å². The molecule has 72 valence electrons. The van der Waals surface area contributed by atoms with Crippen LogP contribution in [0.5, 0.6) is 0 Å². The van der Waals surface area contributed by atoms with Crippen molar-refractivity contribution in [2.75, 3.05) is 0 Å². The number of alkyl halides is 3. The maximum atomic E-state index is 12.1. The van der Waals surface area contributed by atoms with Crippen LogP contribution < -0.4 is 5.73 Å². The zero-order valence-corrected chi connectivity index (χ0v) is 7.10. The summed E-state index contributed by atoms with van der Waals surface area (Å²) in [5.41, 5.74) is 6.01. The molecule has 1 aromatic rings. The van der Waals surface area contributed by atoms with E-state index < -0.39 is 12.2 Å². The molecule has 1 rings (SSSR count). The Morgan fingerprint density at radius 1 is 1.15 bits per heavy atom. The van der Waals surface area contributed by atoms with E-state index in [1.54, 1.807) is 12.1 Å². The highest BCUT2D eigenvalue weighted by molar-refractivity contribution is 5.24. The van der Waals surface area contributed by atoms with E-state index in [0.29, 0.717) is 0 Å². The highest BCUT2D eigenvalue weighted by atomic mass is 19.4. The van der Waals surface area contributed by atoms with E-state index >= 15 is 0 Å². The van der Waals surface area contributed by atoms with E-state index in [9.17, 15) is 13.2 Å². The molecular formula is C9H10F3N. The summed E-state index contributed by atoms with van der Waals surface area (Å²) in [6.07, 6.45) is -4.37. The van der Waals surface area contributed by atoms with Gasteiger partial charge in [-0.3, -0.25) is 0 Å². The van der Waals surface area contributed by atoms with Crippen LogP contribution >= 0.6 is 0 Å². The molecule has 0 amide bonds. The Kier molecular flexibility index (Phi) is 2.61. The maximum Gasteiger partial charge on any atom is 0.407 e. The highest BCUT2D eigenvalue weighted by Crippen LogP contribution is 2.30. The Labute approximate surface area is 74.4 Å². The summed E-state index contributed by atoms with van der Waals surface area (Å²) in [7, 11) is 0. The largest absolute Gasteiger partial charge is 0.407 e. The lowest BCUT2D eigenvalue weighted by Crippen LogP contribution is -2.28. The summed E-state index contributed by atoms with van der Waals surface area (Å²) in [4.78, 5) is 0. The molecule has 4 heteroatoms. The van der Waals surface area contributed by atoms with Crippen LogP contribution in [0.2, 0.25) is 0 Å². The molecule has 1 nitrogen and oxygen atoms in total. The SMILES string of the molecule is Cc1ccc([C@H](N)C(F)(F)F)cc1. The van der Waals surface area contributed by atoms with Crippen molar-refractivity contribution in [3.63, 3.8) is 0 Å². The van der Waals surface area contributed by atoms with Crippen molar-refractivity contribution in [1.29, 1.82) is 0 Å². The zero-order valence-electron chi connectivity index (χ0n) is 7.10. The summed E-state index contributed by atoms with van der Waals surface area (Å²) in [5.74, 6) is 0. The lowest BCUT2D eigenvalue weighted by molar-refractivity contribution is -0.149.